The van der Waals surface area contributed by atoms with E-state index in [4.69, 9.17) is 9.47 Å². The van der Waals surface area contributed by atoms with Gasteiger partial charge >= 0.3 is 11.9 Å². The van der Waals surface area contributed by atoms with Gasteiger partial charge in [-0.05, 0) is 87.1 Å². The van der Waals surface area contributed by atoms with Gasteiger partial charge in [-0.15, -0.1) is 0 Å². The van der Waals surface area contributed by atoms with E-state index in [1.807, 2.05) is 39.8 Å². The maximum Gasteiger partial charge on any atom is 0.348 e. The molecule has 1 aromatic rings. The highest BCUT2D eigenvalue weighted by molar-refractivity contribution is 6.00. The van der Waals surface area contributed by atoms with Gasteiger partial charge < -0.3 is 9.47 Å². The van der Waals surface area contributed by atoms with Crippen LogP contribution in [0.1, 0.15) is 47.2 Å². The molecule has 28 heavy (non-hydrogen) atoms. The quantitative estimate of drug-likeness (QED) is 0.422. The molecule has 0 saturated heterocycles. The van der Waals surface area contributed by atoms with E-state index in [0.717, 1.165) is 33.4 Å². The third-order valence-electron chi connectivity index (χ3n) is 4.55. The molecule has 0 bridgehead atoms. The molecule has 0 atom stereocenters. The molecular formula is C22H24N2O4. The van der Waals surface area contributed by atoms with E-state index in [1.165, 1.54) is 12.2 Å². The van der Waals surface area contributed by atoms with Crippen LogP contribution in [0.2, 0.25) is 0 Å². The van der Waals surface area contributed by atoms with E-state index in [0.29, 0.717) is 0 Å². The first-order chi connectivity index (χ1) is 13.2. The van der Waals surface area contributed by atoms with E-state index in [1.54, 1.807) is 13.8 Å². The first-order valence-corrected chi connectivity index (χ1v) is 8.91. The summed E-state index contributed by atoms with van der Waals surface area (Å²) in [6.45, 7) is 11.2. The molecule has 0 saturated carbocycles. The summed E-state index contributed by atoms with van der Waals surface area (Å²) in [7, 11) is 0. The Morgan fingerprint density at radius 2 is 1.04 bits per heavy atom. The topological polar surface area (TPSA) is 100 Å². The Balaban J connectivity index is 3.64. The van der Waals surface area contributed by atoms with Gasteiger partial charge in [0.05, 0.1) is 13.2 Å². The maximum absolute atomic E-state index is 11.9. The number of hydrogen-bond acceptors (Lipinski definition) is 6. The normalized spacial score (nSPS) is 11.4. The van der Waals surface area contributed by atoms with Gasteiger partial charge in [0, 0.05) is 0 Å². The van der Waals surface area contributed by atoms with Crippen molar-refractivity contribution in [1.29, 1.82) is 10.5 Å². The summed E-state index contributed by atoms with van der Waals surface area (Å²) in [5.74, 6) is -1.34. The van der Waals surface area contributed by atoms with E-state index in [-0.39, 0.29) is 24.4 Å². The zero-order valence-corrected chi connectivity index (χ0v) is 17.1. The predicted molar refractivity (Wildman–Crippen MR) is 106 cm³/mol. The average Bonchev–Trinajstić information content (AvgIpc) is 2.67. The molecule has 0 N–H and O–H groups in total. The number of ether oxygens (including phenoxy) is 2. The van der Waals surface area contributed by atoms with Crippen LogP contribution in [-0.2, 0) is 19.1 Å². The monoisotopic (exact) mass is 380 g/mol. The number of hydrogen-bond donors (Lipinski definition) is 0. The SMILES string of the molecule is CCOC(=O)/C(C#N)=C\c1c(C)c(C)c(/C=C(\C#N)C(=O)OCC)c(C)c1C. The smallest absolute Gasteiger partial charge is 0.348 e. The summed E-state index contributed by atoms with van der Waals surface area (Å²) in [6.07, 6.45) is 3.04. The standard InChI is InChI=1S/C22H24N2O4/c1-7-27-21(25)17(11-23)9-19-13(3)15(5)20(16(6)14(19)4)10-18(12-24)22(26)28-8-2/h9-10H,7-8H2,1-6H3/b17-9-,18-10+. The van der Waals surface area contributed by atoms with Gasteiger partial charge in [-0.2, -0.15) is 10.5 Å². The van der Waals surface area contributed by atoms with Crippen LogP contribution < -0.4 is 0 Å². The minimum Gasteiger partial charge on any atom is -0.462 e. The second-order valence-corrected chi connectivity index (χ2v) is 6.11. The number of nitrogens with zero attached hydrogens (tertiary/aromatic N) is 2. The first-order valence-electron chi connectivity index (χ1n) is 8.91. The zero-order valence-electron chi connectivity index (χ0n) is 17.1. The summed E-state index contributed by atoms with van der Waals surface area (Å²) in [6, 6.07) is 3.77. The Bertz CT molecular complexity index is 835. The molecule has 0 aliphatic heterocycles. The highest BCUT2D eigenvalue weighted by Crippen LogP contribution is 2.30. The molecule has 1 rings (SSSR count). The predicted octanol–water partition coefficient (Wildman–Crippen LogP) is 3.86. The van der Waals surface area contributed by atoms with Gasteiger partial charge in [0.1, 0.15) is 23.3 Å². The second kappa shape index (κ2) is 10.1. The Morgan fingerprint density at radius 1 is 0.750 bits per heavy atom. The summed E-state index contributed by atoms with van der Waals surface area (Å²) in [4.78, 5) is 23.9. The van der Waals surface area contributed by atoms with Crippen molar-refractivity contribution >= 4 is 24.1 Å². The van der Waals surface area contributed by atoms with Crippen molar-refractivity contribution in [2.24, 2.45) is 0 Å². The molecule has 146 valence electrons. The van der Waals surface area contributed by atoms with Crippen molar-refractivity contribution in [1.82, 2.24) is 0 Å². The molecule has 0 amide bonds. The van der Waals surface area contributed by atoms with Gasteiger partial charge in [0.15, 0.2) is 0 Å². The molecule has 0 heterocycles. The minimum absolute atomic E-state index is 0.0839. The molecular weight excluding hydrogens is 356 g/mol. The molecule has 6 nitrogen and oxygen atoms in total. The molecule has 6 heteroatoms. The second-order valence-electron chi connectivity index (χ2n) is 6.11. The molecule has 0 aromatic heterocycles. The van der Waals surface area contributed by atoms with E-state index in [2.05, 4.69) is 0 Å². The van der Waals surface area contributed by atoms with Crippen LogP contribution in [0.15, 0.2) is 11.1 Å². The Morgan fingerprint density at radius 3 is 1.25 bits per heavy atom. The van der Waals surface area contributed by atoms with Crippen molar-refractivity contribution in [3.63, 3.8) is 0 Å². The number of rotatable bonds is 6. The van der Waals surface area contributed by atoms with Gasteiger partial charge in [-0.3, -0.25) is 0 Å². The lowest BCUT2D eigenvalue weighted by Gasteiger charge is -2.17. The molecule has 0 fully saturated rings. The lowest BCUT2D eigenvalue weighted by Crippen LogP contribution is -2.08. The summed E-state index contributed by atoms with van der Waals surface area (Å²) >= 11 is 0. The Kier molecular flexibility index (Phi) is 8.16. The highest BCUT2D eigenvalue weighted by atomic mass is 16.5. The van der Waals surface area contributed by atoms with Crippen LogP contribution in [0.5, 0.6) is 0 Å². The van der Waals surface area contributed by atoms with Crippen LogP contribution >= 0.6 is 0 Å². The Labute approximate surface area is 165 Å². The fourth-order valence-electron chi connectivity index (χ4n) is 2.78. The number of benzene rings is 1. The van der Waals surface area contributed by atoms with Crippen LogP contribution in [0.4, 0.5) is 0 Å². The molecule has 0 unspecified atom stereocenters. The lowest BCUT2D eigenvalue weighted by atomic mass is 9.87. The van der Waals surface area contributed by atoms with E-state index < -0.39 is 11.9 Å². The molecule has 0 spiro atoms. The van der Waals surface area contributed by atoms with E-state index in [9.17, 15) is 20.1 Å². The fraction of sp³-hybridized carbons (Fsp3) is 0.364. The molecule has 0 radical (unpaired) electrons. The zero-order chi connectivity index (χ0) is 21.4. The van der Waals surface area contributed by atoms with Crippen molar-refractivity contribution in [2.45, 2.75) is 41.5 Å². The third-order valence-corrected chi connectivity index (χ3v) is 4.55. The average molecular weight is 380 g/mol. The Hall–Kier alpha value is -3.38. The maximum atomic E-state index is 11.9. The molecule has 1 aromatic carbocycles. The molecule has 0 aliphatic carbocycles. The van der Waals surface area contributed by atoms with Gasteiger partial charge in [-0.1, -0.05) is 0 Å². The van der Waals surface area contributed by atoms with Crippen LogP contribution in [0.3, 0.4) is 0 Å². The number of carbonyl (C=O) groups excluding carboxylic acids is 2. The fourth-order valence-corrected chi connectivity index (χ4v) is 2.78. The van der Waals surface area contributed by atoms with Crippen molar-refractivity contribution in [2.75, 3.05) is 13.2 Å². The lowest BCUT2D eigenvalue weighted by molar-refractivity contribution is -0.138. The minimum atomic E-state index is -0.669. The highest BCUT2D eigenvalue weighted by Gasteiger charge is 2.18. The van der Waals surface area contributed by atoms with Crippen molar-refractivity contribution in [3.05, 3.63) is 44.5 Å². The van der Waals surface area contributed by atoms with Gasteiger partial charge in [0.2, 0.25) is 0 Å². The largest absolute Gasteiger partial charge is 0.462 e. The first kappa shape index (κ1) is 22.7. The van der Waals surface area contributed by atoms with Crippen LogP contribution in [-0.4, -0.2) is 25.2 Å². The summed E-state index contributed by atoms with van der Waals surface area (Å²) in [5, 5.41) is 18.6. The summed E-state index contributed by atoms with van der Waals surface area (Å²) in [5.41, 5.74) is 4.68. The van der Waals surface area contributed by atoms with Gasteiger partial charge in [0.25, 0.3) is 0 Å². The van der Waals surface area contributed by atoms with Crippen molar-refractivity contribution in [3.8, 4) is 12.1 Å². The van der Waals surface area contributed by atoms with Gasteiger partial charge in [-0.25, -0.2) is 9.59 Å². The number of carbonyl (C=O) groups is 2. The number of esters is 2. The van der Waals surface area contributed by atoms with Crippen molar-refractivity contribution < 1.29 is 19.1 Å². The summed E-state index contributed by atoms with van der Waals surface area (Å²) < 4.78 is 9.84. The van der Waals surface area contributed by atoms with Crippen LogP contribution in [0, 0.1) is 50.4 Å². The number of nitriles is 2. The molecule has 0 aliphatic rings. The van der Waals surface area contributed by atoms with Crippen LogP contribution in [0.25, 0.3) is 12.2 Å². The van der Waals surface area contributed by atoms with E-state index >= 15 is 0 Å². The third kappa shape index (κ3) is 4.86.